The normalized spacial score (nSPS) is 14.7. The first kappa shape index (κ1) is 84.2. The average Bonchev–Trinajstić information content (AvgIpc) is 1.68. The van der Waals surface area contributed by atoms with E-state index < -0.39 is 5.97 Å². The highest BCUT2D eigenvalue weighted by Crippen LogP contribution is 2.30. The molecule has 33 heteroatoms. The number of nitrogens with one attached hydrogen (secondary N) is 3. The van der Waals surface area contributed by atoms with E-state index in [0.29, 0.717) is 53.1 Å². The van der Waals surface area contributed by atoms with Crippen molar-refractivity contribution in [1.82, 2.24) is 85.0 Å². The van der Waals surface area contributed by atoms with Crippen LogP contribution in [0.4, 0.5) is 11.4 Å². The molecule has 570 valence electrons. The minimum absolute atomic E-state index is 0.00146. The number of carbonyl (C=O) groups excluding carboxylic acids is 3. The van der Waals surface area contributed by atoms with Crippen molar-refractivity contribution in [3.05, 3.63) is 243 Å². The van der Waals surface area contributed by atoms with E-state index in [-0.39, 0.29) is 33.9 Å². The van der Waals surface area contributed by atoms with Crippen molar-refractivity contribution in [3.8, 4) is 42.3 Å². The maximum Gasteiger partial charge on any atom is 0.335 e. The lowest BCUT2D eigenvalue weighted by Gasteiger charge is -2.17. The van der Waals surface area contributed by atoms with E-state index in [1.165, 1.54) is 111 Å². The summed E-state index contributed by atoms with van der Waals surface area (Å²) in [7, 11) is 0. The number of carbonyl (C=O) groups is 4. The molecule has 12 aromatic rings. The molecule has 3 amide bonds. The maximum atomic E-state index is 12.8. The van der Waals surface area contributed by atoms with Gasteiger partial charge in [0.1, 0.15) is 22.6 Å². The van der Waals surface area contributed by atoms with Gasteiger partial charge in [-0.25, -0.2) is 54.6 Å². The number of amides is 3. The van der Waals surface area contributed by atoms with Crippen molar-refractivity contribution in [1.29, 1.82) is 0 Å². The van der Waals surface area contributed by atoms with Gasteiger partial charge >= 0.3 is 5.97 Å². The second-order valence-corrected chi connectivity index (χ2v) is 30.6. The Hall–Kier alpha value is -9.86. The molecule has 2 aliphatic carbocycles. The van der Waals surface area contributed by atoms with E-state index in [4.69, 9.17) is 45.6 Å². The molecule has 2 aliphatic heterocycles. The fourth-order valence-corrected chi connectivity index (χ4v) is 14.6. The predicted octanol–water partition coefficient (Wildman–Crippen LogP) is 16.4. The Morgan fingerprint density at radius 3 is 1.29 bits per heavy atom. The number of anilines is 2. The van der Waals surface area contributed by atoms with Gasteiger partial charge in [0.25, 0.3) is 5.91 Å². The van der Waals surface area contributed by atoms with Crippen LogP contribution in [-0.2, 0) is 28.9 Å². The summed E-state index contributed by atoms with van der Waals surface area (Å²) in [5.41, 5.74) is 20.2. The lowest BCUT2D eigenvalue weighted by Crippen LogP contribution is -2.29. The van der Waals surface area contributed by atoms with Crippen LogP contribution in [0.2, 0.25) is 15.7 Å². The summed E-state index contributed by atoms with van der Waals surface area (Å²) in [5, 5.41) is 18.0. The number of likely N-dealkylation sites (tertiary alicyclic amines) is 1. The van der Waals surface area contributed by atoms with Crippen LogP contribution in [0.3, 0.4) is 0 Å². The number of hydrogen-bond donors (Lipinski definition) is 5. The third kappa shape index (κ3) is 29.5. The lowest BCUT2D eigenvalue weighted by molar-refractivity contribution is -0.112. The van der Waals surface area contributed by atoms with Gasteiger partial charge in [-0.1, -0.05) is 63.3 Å². The topological polar surface area (TPSA) is 347 Å². The Morgan fingerprint density at radius 2 is 0.927 bits per heavy atom. The second kappa shape index (κ2) is 46.0. The number of benzene rings is 2. The SMILES string of the molecule is C=CC(=O)Nc1ccc(C(=O)N2CC[C@@H](Cc3nccc(-c4cncs4)n3)C2)cc1.C=CC(=O)Nc1ccc(C(=O)O)cc1.Cc1cncs1.Clc1ccnc(Cl)n1.Clc1nccc(-c2cncs2)n1.NC1CCCC1.c1cc(-c2cncs2)nc(CC2CCCC2)n1.c1cc(-c2cncs2)nc(C[C@@H]2CCNC2)n1. The van der Waals surface area contributed by atoms with Crippen molar-refractivity contribution in [2.45, 2.75) is 96.4 Å². The molecule has 0 spiro atoms. The Morgan fingerprint density at radius 1 is 0.509 bits per heavy atom. The van der Waals surface area contributed by atoms with Crippen LogP contribution in [0, 0.1) is 24.7 Å². The minimum Gasteiger partial charge on any atom is -0.478 e. The summed E-state index contributed by atoms with van der Waals surface area (Å²) in [4.78, 5) is 115. The van der Waals surface area contributed by atoms with Gasteiger partial charge in [0, 0.05) is 122 Å². The zero-order valence-corrected chi connectivity index (χ0v) is 66.4. The van der Waals surface area contributed by atoms with Gasteiger partial charge in [0.05, 0.1) is 75.4 Å². The highest BCUT2D eigenvalue weighted by molar-refractivity contribution is 7.14. The molecule has 4 fully saturated rings. The number of thiazole rings is 5. The zero-order valence-electron chi connectivity index (χ0n) is 60.1. The van der Waals surface area contributed by atoms with Crippen molar-refractivity contribution in [2.24, 2.45) is 23.5 Å². The first-order valence-corrected chi connectivity index (χ1v) is 40.6. The number of aryl methyl sites for hydroxylation is 1. The minimum atomic E-state index is -0.994. The van der Waals surface area contributed by atoms with E-state index in [1.807, 2.05) is 77.5 Å². The summed E-state index contributed by atoms with van der Waals surface area (Å²) in [6.07, 6.45) is 35.7. The highest BCUT2D eigenvalue weighted by Gasteiger charge is 2.28. The van der Waals surface area contributed by atoms with E-state index in [9.17, 15) is 19.2 Å². The first-order chi connectivity index (χ1) is 53.5. The van der Waals surface area contributed by atoms with Gasteiger partial charge in [0.15, 0.2) is 0 Å². The van der Waals surface area contributed by atoms with Gasteiger partial charge in [-0.05, 0) is 178 Å². The molecular weight excluding hydrogens is 1550 g/mol. The molecule has 6 N–H and O–H groups in total. The molecule has 0 unspecified atom stereocenters. The highest BCUT2D eigenvalue weighted by atomic mass is 35.5. The quantitative estimate of drug-likeness (QED) is 0.0341. The Kier molecular flexibility index (Phi) is 35.2. The second-order valence-electron chi connectivity index (χ2n) is 24.9. The number of nitrogens with zero attached hydrogens (tertiary/aromatic N) is 16. The molecule has 0 radical (unpaired) electrons. The molecule has 12 heterocycles. The number of nitrogens with two attached hydrogens (primary N) is 1. The van der Waals surface area contributed by atoms with Gasteiger partial charge in [-0.3, -0.25) is 39.3 Å². The molecule has 4 aliphatic rings. The van der Waals surface area contributed by atoms with Crippen LogP contribution in [0.5, 0.6) is 0 Å². The van der Waals surface area contributed by atoms with E-state index in [2.05, 4.69) is 104 Å². The molecule has 2 saturated carbocycles. The van der Waals surface area contributed by atoms with Crippen molar-refractivity contribution in [2.75, 3.05) is 36.8 Å². The number of aromatic nitrogens is 15. The van der Waals surface area contributed by atoms with Crippen LogP contribution >= 0.6 is 91.5 Å². The number of carboxylic acid groups (broad SMARTS) is 1. The third-order valence-electron chi connectivity index (χ3n) is 16.8. The average molecular weight is 1630 g/mol. The molecule has 0 bridgehead atoms. The van der Waals surface area contributed by atoms with Crippen LogP contribution in [0.1, 0.15) is 107 Å². The summed E-state index contributed by atoms with van der Waals surface area (Å²) in [6, 6.07) is 22.5. The fraction of sp³-hybridized carbons (Fsp3) is 0.286. The van der Waals surface area contributed by atoms with Gasteiger partial charge < -0.3 is 31.7 Å². The number of carboxylic acids is 1. The van der Waals surface area contributed by atoms with Crippen molar-refractivity contribution < 1.29 is 24.3 Å². The van der Waals surface area contributed by atoms with E-state index in [1.54, 1.807) is 118 Å². The summed E-state index contributed by atoms with van der Waals surface area (Å²) in [5.74, 6) is 2.95. The monoisotopic (exact) mass is 1630 g/mol. The summed E-state index contributed by atoms with van der Waals surface area (Å²) in [6.45, 7) is 12.4. The number of rotatable bonds is 16. The third-order valence-corrected chi connectivity index (χ3v) is 21.3. The molecule has 2 aromatic carbocycles. The molecule has 110 heavy (non-hydrogen) atoms. The van der Waals surface area contributed by atoms with Gasteiger partial charge in [0.2, 0.25) is 22.4 Å². The fourth-order valence-electron chi connectivity index (χ4n) is 11.3. The molecular formula is C77H81Cl3N20O5S5. The van der Waals surface area contributed by atoms with Crippen molar-refractivity contribution >= 4 is 127 Å². The first-order valence-electron chi connectivity index (χ1n) is 35.1. The van der Waals surface area contributed by atoms with Gasteiger partial charge in [-0.15, -0.1) is 56.7 Å². The number of halogens is 3. The molecule has 2 saturated heterocycles. The molecule has 16 rings (SSSR count). The number of aromatic carboxylic acids is 1. The zero-order chi connectivity index (χ0) is 77.7. The van der Waals surface area contributed by atoms with Crippen molar-refractivity contribution in [3.63, 3.8) is 0 Å². The van der Waals surface area contributed by atoms with Gasteiger partial charge in [-0.2, -0.15) is 0 Å². The molecule has 25 nitrogen and oxygen atoms in total. The molecule has 10 aromatic heterocycles. The van der Waals surface area contributed by atoms with E-state index >= 15 is 0 Å². The van der Waals surface area contributed by atoms with Crippen LogP contribution in [0.15, 0.2) is 194 Å². The predicted molar refractivity (Wildman–Crippen MR) is 438 cm³/mol. The van der Waals surface area contributed by atoms with Crippen LogP contribution in [0.25, 0.3) is 42.3 Å². The van der Waals surface area contributed by atoms with E-state index in [0.717, 1.165) is 111 Å². The van der Waals surface area contributed by atoms with Crippen LogP contribution in [-0.4, -0.2) is 141 Å². The lowest BCUT2D eigenvalue weighted by atomic mass is 10.0. The Balaban J connectivity index is 0.000000153. The standard InChI is InChI=1S/C22H21N5O2S.C13H15N3S.C12H14N4S.C10H9NO3.C7H4ClN3S.C5H11N.C4H2Cl2N2.C4H5NS/c1-2-21(28)25-17-5-3-16(4-6-17)22(29)27-10-8-15(13-27)11-20-24-9-7-18(26-20)19-12-23-14-30-19;1-2-4-10(3-1)7-13-15-6-5-11(16-13)12-8-14-9-17-12;1-3-13-6-9(1)5-12-15-4-2-10(16-12)11-7-14-8-17-11;1-2-9(12)11-8-5-3-7(4-6-8)10(13)14;8-7-10-2-1-5(11-7)6-3-9-4-12-6;6-5-3-1-2-4-5;5-3-1-2-7-4(6)8-3;1-4-2-5-3-6-4/h2-7,9,12,14-15H,1,8,10-11,13H2,(H,25,28);5-6,8-10H,1-4,7H2;2,4,7-9,13H,1,3,5-6H2;2-6H,1H2,(H,11,12)(H,13,14);1-4H;5H,1-4,6H2;1-2H;2-3H,1H3/t15-;;9-;;;;;/m0.0...../s1. The summed E-state index contributed by atoms with van der Waals surface area (Å²) < 4.78 is 0. The van der Waals surface area contributed by atoms with Crippen LogP contribution < -0.4 is 21.7 Å². The Bertz CT molecular complexity index is 4620. The largest absolute Gasteiger partial charge is 0.478 e. The smallest absolute Gasteiger partial charge is 0.335 e. The number of hydrogen-bond acceptors (Lipinski definition) is 26. The maximum absolute atomic E-state index is 12.8. The molecule has 2 atom stereocenters. The Labute approximate surface area is 672 Å². The summed E-state index contributed by atoms with van der Waals surface area (Å²) >= 11 is 24.4.